The topological polar surface area (TPSA) is 46.2 Å². The highest BCUT2D eigenvalue weighted by molar-refractivity contribution is 8.12. The van der Waals surface area contributed by atoms with Crippen LogP contribution in [0.4, 0.5) is 0 Å². The zero-order valence-corrected chi connectivity index (χ0v) is 9.56. The molecule has 3 nitrogen and oxygen atoms in total. The normalized spacial score (nSPS) is 12.8. The molecule has 14 heavy (non-hydrogen) atoms. The molecule has 0 heterocycles. The van der Waals surface area contributed by atoms with Gasteiger partial charge in [0, 0.05) is 10.7 Å². The molecule has 1 rings (SSSR count). The number of halogens is 1. The molecule has 0 atom stereocenters. The fraction of sp³-hybridized carbons (Fsp3) is 0.333. The number of rotatable bonds is 3. The molecule has 0 spiro atoms. The molecule has 0 radical (unpaired) electrons. The first-order chi connectivity index (χ1) is 6.31. The lowest BCUT2D eigenvalue weighted by Gasteiger charge is -2.24. The van der Waals surface area contributed by atoms with E-state index in [-0.39, 0.29) is 0 Å². The van der Waals surface area contributed by atoms with Gasteiger partial charge in [-0.2, -0.15) is 13.1 Å². The van der Waals surface area contributed by atoms with Gasteiger partial charge in [-0.25, -0.2) is 0 Å². The van der Waals surface area contributed by atoms with Crippen LogP contribution in [0, 0.1) is 0 Å². The van der Waals surface area contributed by atoms with Crippen molar-refractivity contribution in [3.8, 4) is 0 Å². The molecule has 0 aromatic heterocycles. The van der Waals surface area contributed by atoms with E-state index >= 15 is 0 Å². The van der Waals surface area contributed by atoms with E-state index in [2.05, 4.69) is 4.72 Å². The molecule has 0 aliphatic rings. The lowest BCUT2D eigenvalue weighted by Crippen LogP contribution is -2.38. The van der Waals surface area contributed by atoms with E-state index in [4.69, 9.17) is 10.7 Å². The zero-order valence-electron chi connectivity index (χ0n) is 7.99. The van der Waals surface area contributed by atoms with Gasteiger partial charge in [0.15, 0.2) is 0 Å². The van der Waals surface area contributed by atoms with Gasteiger partial charge in [0.1, 0.15) is 0 Å². The van der Waals surface area contributed by atoms with E-state index in [0.717, 1.165) is 5.56 Å². The minimum absolute atomic E-state index is 0.693. The first kappa shape index (κ1) is 11.5. The van der Waals surface area contributed by atoms with E-state index in [9.17, 15) is 8.42 Å². The second-order valence-electron chi connectivity index (χ2n) is 3.53. The van der Waals surface area contributed by atoms with Gasteiger partial charge >= 0.3 is 0 Å². The van der Waals surface area contributed by atoms with Crippen LogP contribution in [-0.2, 0) is 14.8 Å². The Hall–Kier alpha value is -0.580. The van der Waals surface area contributed by atoms with Gasteiger partial charge in [0.2, 0.25) is 0 Å². The molecular formula is C9H12ClNO2S. The molecule has 0 aliphatic carbocycles. The minimum atomic E-state index is -3.71. The highest BCUT2D eigenvalue weighted by Gasteiger charge is 2.24. The second kappa shape index (κ2) is 3.88. The van der Waals surface area contributed by atoms with Crippen LogP contribution in [0.5, 0.6) is 0 Å². The smallest absolute Gasteiger partial charge is 0.195 e. The third-order valence-electron chi connectivity index (χ3n) is 1.87. The summed E-state index contributed by atoms with van der Waals surface area (Å²) in [7, 11) is 1.42. The summed E-state index contributed by atoms with van der Waals surface area (Å²) < 4.78 is 24.1. The first-order valence-corrected chi connectivity index (χ1v) is 6.41. The Morgan fingerprint density at radius 1 is 1.21 bits per heavy atom. The summed E-state index contributed by atoms with van der Waals surface area (Å²) in [4.78, 5) is 0. The molecule has 5 heteroatoms. The van der Waals surface area contributed by atoms with Gasteiger partial charge in [-0.1, -0.05) is 30.3 Å². The second-order valence-corrected chi connectivity index (χ2v) is 5.83. The van der Waals surface area contributed by atoms with Crippen LogP contribution in [0.2, 0.25) is 0 Å². The van der Waals surface area contributed by atoms with Crippen molar-refractivity contribution in [3.63, 3.8) is 0 Å². The summed E-state index contributed by atoms with van der Waals surface area (Å²) in [6.07, 6.45) is 0. The molecule has 0 bridgehead atoms. The molecule has 0 unspecified atom stereocenters. The maximum atomic E-state index is 10.9. The van der Waals surface area contributed by atoms with Gasteiger partial charge in [0.05, 0.1) is 5.54 Å². The Morgan fingerprint density at radius 3 is 2.14 bits per heavy atom. The van der Waals surface area contributed by atoms with Crippen molar-refractivity contribution in [1.82, 2.24) is 4.72 Å². The van der Waals surface area contributed by atoms with E-state index in [1.165, 1.54) is 0 Å². The van der Waals surface area contributed by atoms with E-state index < -0.39 is 14.8 Å². The monoisotopic (exact) mass is 233 g/mol. The summed E-state index contributed by atoms with van der Waals surface area (Å²) in [6, 6.07) is 9.25. The lowest BCUT2D eigenvalue weighted by atomic mass is 9.96. The maximum absolute atomic E-state index is 10.9. The summed E-state index contributed by atoms with van der Waals surface area (Å²) in [5, 5.41) is 0. The van der Waals surface area contributed by atoms with E-state index in [1.807, 2.05) is 30.3 Å². The highest BCUT2D eigenvalue weighted by atomic mass is 35.7. The molecular weight excluding hydrogens is 222 g/mol. The SMILES string of the molecule is CC(C)(NS(=O)(=O)Cl)c1ccccc1. The van der Waals surface area contributed by atoms with E-state index in [1.54, 1.807) is 13.8 Å². The van der Waals surface area contributed by atoms with Crippen molar-refractivity contribution in [3.05, 3.63) is 35.9 Å². The van der Waals surface area contributed by atoms with Crippen molar-refractivity contribution >= 4 is 19.9 Å². The minimum Gasteiger partial charge on any atom is -0.195 e. The number of benzene rings is 1. The molecule has 0 saturated heterocycles. The van der Waals surface area contributed by atoms with Crippen molar-refractivity contribution in [2.45, 2.75) is 19.4 Å². The maximum Gasteiger partial charge on any atom is 0.298 e. The Bertz CT molecular complexity index is 400. The zero-order chi connectivity index (χ0) is 10.8. The Kier molecular flexibility index (Phi) is 3.19. The van der Waals surface area contributed by atoms with Crippen LogP contribution >= 0.6 is 10.7 Å². The number of nitrogens with one attached hydrogen (secondary N) is 1. The summed E-state index contributed by atoms with van der Waals surface area (Å²) in [6.45, 7) is 3.50. The lowest BCUT2D eigenvalue weighted by molar-refractivity contribution is 0.479. The number of hydrogen-bond acceptors (Lipinski definition) is 2. The van der Waals surface area contributed by atoms with Crippen LogP contribution in [0.15, 0.2) is 30.3 Å². The molecule has 1 aromatic carbocycles. The van der Waals surface area contributed by atoms with Crippen LogP contribution in [0.25, 0.3) is 0 Å². The molecule has 1 N–H and O–H groups in total. The van der Waals surface area contributed by atoms with Gasteiger partial charge in [-0.05, 0) is 19.4 Å². The Morgan fingerprint density at radius 2 is 1.71 bits per heavy atom. The predicted octanol–water partition coefficient (Wildman–Crippen LogP) is 1.99. The van der Waals surface area contributed by atoms with Crippen LogP contribution in [0.3, 0.4) is 0 Å². The summed E-state index contributed by atoms with van der Waals surface area (Å²) in [5.41, 5.74) is 0.172. The standard InChI is InChI=1S/C9H12ClNO2S/c1-9(2,11-14(10,12)13)8-6-4-3-5-7-8/h3-7,11H,1-2H3. The van der Waals surface area contributed by atoms with E-state index in [0.29, 0.717) is 0 Å². The quantitative estimate of drug-likeness (QED) is 0.812. The fourth-order valence-electron chi connectivity index (χ4n) is 1.22. The van der Waals surface area contributed by atoms with Crippen LogP contribution < -0.4 is 4.72 Å². The average Bonchev–Trinajstić information content (AvgIpc) is 2.01. The van der Waals surface area contributed by atoms with Gasteiger partial charge in [0.25, 0.3) is 9.24 Å². The summed E-state index contributed by atoms with van der Waals surface area (Å²) in [5.74, 6) is 0. The molecule has 78 valence electrons. The molecule has 0 saturated carbocycles. The molecule has 0 aliphatic heterocycles. The van der Waals surface area contributed by atoms with Gasteiger partial charge < -0.3 is 0 Å². The van der Waals surface area contributed by atoms with Crippen molar-refractivity contribution in [2.75, 3.05) is 0 Å². The Balaban J connectivity index is 2.97. The third-order valence-corrected chi connectivity index (χ3v) is 2.86. The van der Waals surface area contributed by atoms with Crippen LogP contribution in [0.1, 0.15) is 19.4 Å². The summed E-state index contributed by atoms with van der Waals surface area (Å²) >= 11 is 0. The molecule has 1 aromatic rings. The van der Waals surface area contributed by atoms with Crippen molar-refractivity contribution < 1.29 is 8.42 Å². The first-order valence-electron chi connectivity index (χ1n) is 4.10. The fourth-order valence-corrected chi connectivity index (χ4v) is 2.52. The van der Waals surface area contributed by atoms with Gasteiger partial charge in [-0.3, -0.25) is 0 Å². The predicted molar refractivity (Wildman–Crippen MR) is 57.4 cm³/mol. The van der Waals surface area contributed by atoms with Crippen molar-refractivity contribution in [2.24, 2.45) is 0 Å². The van der Waals surface area contributed by atoms with Gasteiger partial charge in [-0.15, -0.1) is 0 Å². The third kappa shape index (κ3) is 3.29. The van der Waals surface area contributed by atoms with Crippen molar-refractivity contribution in [1.29, 1.82) is 0 Å². The molecule has 0 amide bonds. The average molecular weight is 234 g/mol. The Labute approximate surface area is 88.6 Å². The van der Waals surface area contributed by atoms with Crippen LogP contribution in [-0.4, -0.2) is 8.42 Å². The molecule has 0 fully saturated rings. The number of hydrogen-bond donors (Lipinski definition) is 1. The highest BCUT2D eigenvalue weighted by Crippen LogP contribution is 2.21. The largest absolute Gasteiger partial charge is 0.298 e.